The van der Waals surface area contributed by atoms with Gasteiger partial charge in [-0.1, -0.05) is 6.07 Å². The van der Waals surface area contributed by atoms with E-state index in [2.05, 4.69) is 9.78 Å². The smallest absolute Gasteiger partial charge is 0.293 e. The van der Waals surface area contributed by atoms with Crippen LogP contribution in [0.5, 0.6) is 0 Å². The summed E-state index contributed by atoms with van der Waals surface area (Å²) in [4.78, 5) is 20.1. The zero-order valence-electron chi connectivity index (χ0n) is 8.83. The van der Waals surface area contributed by atoms with Crippen LogP contribution in [0.1, 0.15) is 17.5 Å². The summed E-state index contributed by atoms with van der Waals surface area (Å²) in [6.07, 6.45) is 2.88. The standard InChI is InChI=1S/C12H11FO3/c1-15-16-12(14)10-3-2-9-7-11(13)5-4-8(9)6-10/h4-7H,2-3H2,1H3. The number of benzene rings is 1. The Bertz CT molecular complexity index is 452. The molecule has 0 unspecified atom stereocenters. The molecule has 1 aliphatic carbocycles. The highest BCUT2D eigenvalue weighted by atomic mass is 19.1. The maximum atomic E-state index is 12.9. The van der Waals surface area contributed by atoms with Gasteiger partial charge in [-0.15, -0.1) is 0 Å². The summed E-state index contributed by atoms with van der Waals surface area (Å²) >= 11 is 0. The van der Waals surface area contributed by atoms with Gasteiger partial charge in [0.15, 0.2) is 0 Å². The highest BCUT2D eigenvalue weighted by Gasteiger charge is 2.18. The maximum absolute atomic E-state index is 12.9. The van der Waals surface area contributed by atoms with Crippen molar-refractivity contribution < 1.29 is 19.0 Å². The first-order chi connectivity index (χ1) is 7.70. The largest absolute Gasteiger partial charge is 0.369 e. The molecule has 0 radical (unpaired) electrons. The van der Waals surface area contributed by atoms with Crippen molar-refractivity contribution in [2.75, 3.05) is 7.11 Å². The van der Waals surface area contributed by atoms with Gasteiger partial charge in [0.2, 0.25) is 0 Å². The van der Waals surface area contributed by atoms with Crippen LogP contribution in [0.3, 0.4) is 0 Å². The number of halogens is 1. The Balaban J connectivity index is 2.28. The Kier molecular flexibility index (Phi) is 3.01. The molecule has 16 heavy (non-hydrogen) atoms. The van der Waals surface area contributed by atoms with Crippen molar-refractivity contribution in [3.8, 4) is 0 Å². The van der Waals surface area contributed by atoms with Gasteiger partial charge in [-0.2, -0.15) is 4.89 Å². The van der Waals surface area contributed by atoms with Gasteiger partial charge in [0.05, 0.1) is 7.11 Å². The van der Waals surface area contributed by atoms with E-state index in [1.165, 1.54) is 19.2 Å². The summed E-state index contributed by atoms with van der Waals surface area (Å²) in [5.41, 5.74) is 2.31. The predicted molar refractivity (Wildman–Crippen MR) is 55.8 cm³/mol. The molecule has 0 bridgehead atoms. The predicted octanol–water partition coefficient (Wildman–Crippen LogP) is 2.26. The van der Waals surface area contributed by atoms with E-state index < -0.39 is 5.97 Å². The Morgan fingerprint density at radius 3 is 2.94 bits per heavy atom. The number of carbonyl (C=O) groups excluding carboxylic acids is 1. The van der Waals surface area contributed by atoms with Crippen molar-refractivity contribution in [2.24, 2.45) is 0 Å². The van der Waals surface area contributed by atoms with Crippen molar-refractivity contribution in [3.05, 3.63) is 40.7 Å². The minimum absolute atomic E-state index is 0.255. The number of rotatable bonds is 2. The number of hydrogen-bond donors (Lipinski definition) is 0. The molecule has 84 valence electrons. The van der Waals surface area contributed by atoms with Crippen LogP contribution < -0.4 is 0 Å². The Morgan fingerprint density at radius 2 is 2.19 bits per heavy atom. The van der Waals surface area contributed by atoms with Crippen LogP contribution >= 0.6 is 0 Å². The lowest BCUT2D eigenvalue weighted by molar-refractivity contribution is -0.250. The molecule has 0 N–H and O–H groups in total. The van der Waals surface area contributed by atoms with Gasteiger partial charge in [0.25, 0.3) is 0 Å². The maximum Gasteiger partial charge on any atom is 0.369 e. The summed E-state index contributed by atoms with van der Waals surface area (Å²) in [5, 5.41) is 0. The van der Waals surface area contributed by atoms with Crippen LogP contribution in [-0.4, -0.2) is 13.1 Å². The molecule has 0 aromatic heterocycles. The molecular formula is C12H11FO3. The fourth-order valence-electron chi connectivity index (χ4n) is 1.75. The zero-order valence-corrected chi connectivity index (χ0v) is 8.83. The topological polar surface area (TPSA) is 35.5 Å². The second kappa shape index (κ2) is 4.45. The molecule has 2 rings (SSSR count). The van der Waals surface area contributed by atoms with Gasteiger partial charge in [-0.25, -0.2) is 9.18 Å². The third-order valence-electron chi connectivity index (χ3n) is 2.52. The van der Waals surface area contributed by atoms with Gasteiger partial charge in [-0.3, -0.25) is 4.89 Å². The Hall–Kier alpha value is -1.68. The number of hydrogen-bond acceptors (Lipinski definition) is 3. The average molecular weight is 222 g/mol. The highest BCUT2D eigenvalue weighted by Crippen LogP contribution is 2.25. The van der Waals surface area contributed by atoms with Gasteiger partial charge >= 0.3 is 5.97 Å². The molecular weight excluding hydrogens is 211 g/mol. The first-order valence-electron chi connectivity index (χ1n) is 4.94. The normalized spacial score (nSPS) is 14.0. The number of aryl methyl sites for hydroxylation is 1. The van der Waals surface area contributed by atoms with E-state index in [1.807, 2.05) is 0 Å². The second-order valence-electron chi connectivity index (χ2n) is 3.55. The van der Waals surface area contributed by atoms with Crippen molar-refractivity contribution in [1.82, 2.24) is 0 Å². The molecule has 0 saturated heterocycles. The molecule has 0 spiro atoms. The number of fused-ring (bicyclic) bond motifs is 1. The Morgan fingerprint density at radius 1 is 1.38 bits per heavy atom. The van der Waals surface area contributed by atoms with E-state index in [-0.39, 0.29) is 5.82 Å². The monoisotopic (exact) mass is 222 g/mol. The van der Waals surface area contributed by atoms with Crippen molar-refractivity contribution in [1.29, 1.82) is 0 Å². The summed E-state index contributed by atoms with van der Waals surface area (Å²) in [5.74, 6) is -0.743. The lowest BCUT2D eigenvalue weighted by atomic mass is 9.92. The van der Waals surface area contributed by atoms with Gasteiger partial charge in [0.1, 0.15) is 5.82 Å². The molecule has 1 aromatic carbocycles. The molecule has 0 amide bonds. The molecule has 4 heteroatoms. The molecule has 3 nitrogen and oxygen atoms in total. The third kappa shape index (κ3) is 2.12. The lowest BCUT2D eigenvalue weighted by Gasteiger charge is -2.14. The molecule has 0 heterocycles. The van der Waals surface area contributed by atoms with E-state index in [9.17, 15) is 9.18 Å². The molecule has 0 atom stereocenters. The van der Waals surface area contributed by atoms with Crippen molar-refractivity contribution >= 4 is 12.0 Å². The van der Waals surface area contributed by atoms with E-state index in [1.54, 1.807) is 12.1 Å². The summed E-state index contributed by atoms with van der Waals surface area (Å²) in [7, 11) is 1.28. The lowest BCUT2D eigenvalue weighted by Crippen LogP contribution is -2.11. The van der Waals surface area contributed by atoms with E-state index in [4.69, 9.17) is 0 Å². The van der Waals surface area contributed by atoms with Crippen molar-refractivity contribution in [3.63, 3.8) is 0 Å². The molecule has 1 aromatic rings. The molecule has 0 fully saturated rings. The first kappa shape index (κ1) is 10.8. The first-order valence-corrected chi connectivity index (χ1v) is 4.94. The minimum atomic E-state index is -0.488. The summed E-state index contributed by atoms with van der Waals surface area (Å²) in [6.45, 7) is 0. The number of carbonyl (C=O) groups is 1. The van der Waals surface area contributed by atoms with Gasteiger partial charge in [-0.05, 0) is 42.2 Å². The van der Waals surface area contributed by atoms with E-state index in [0.29, 0.717) is 18.4 Å². The fourth-order valence-corrected chi connectivity index (χ4v) is 1.75. The molecule has 0 aliphatic heterocycles. The van der Waals surface area contributed by atoms with Crippen LogP contribution in [0.2, 0.25) is 0 Å². The van der Waals surface area contributed by atoms with Crippen molar-refractivity contribution in [2.45, 2.75) is 12.8 Å². The van der Waals surface area contributed by atoms with Gasteiger partial charge < -0.3 is 0 Å². The second-order valence-corrected chi connectivity index (χ2v) is 3.55. The Labute approximate surface area is 92.4 Å². The SMILES string of the molecule is COOC(=O)C1=Cc2ccc(F)cc2CC1. The van der Waals surface area contributed by atoms with Crippen LogP contribution in [0.15, 0.2) is 23.8 Å². The van der Waals surface area contributed by atoms with Crippen LogP contribution in [0.25, 0.3) is 6.08 Å². The van der Waals surface area contributed by atoms with E-state index >= 15 is 0 Å². The van der Waals surface area contributed by atoms with Crippen LogP contribution in [-0.2, 0) is 21.0 Å². The third-order valence-corrected chi connectivity index (χ3v) is 2.52. The zero-order chi connectivity index (χ0) is 11.5. The summed E-state index contributed by atoms with van der Waals surface area (Å²) < 4.78 is 12.9. The molecule has 1 aliphatic rings. The fraction of sp³-hybridized carbons (Fsp3) is 0.250. The summed E-state index contributed by atoms with van der Waals surface area (Å²) in [6, 6.07) is 4.52. The minimum Gasteiger partial charge on any atom is -0.293 e. The van der Waals surface area contributed by atoms with E-state index in [0.717, 1.165) is 11.1 Å². The van der Waals surface area contributed by atoms with Crippen LogP contribution in [0.4, 0.5) is 4.39 Å². The average Bonchev–Trinajstić information content (AvgIpc) is 2.28. The van der Waals surface area contributed by atoms with Gasteiger partial charge in [0, 0.05) is 5.57 Å². The van der Waals surface area contributed by atoms with Crippen LogP contribution in [0, 0.1) is 5.82 Å². The quantitative estimate of drug-likeness (QED) is 0.568. The molecule has 0 saturated carbocycles. The highest BCUT2D eigenvalue weighted by molar-refractivity contribution is 5.94.